The Kier molecular flexibility index (Phi) is 6.59. The van der Waals surface area contributed by atoms with Crippen LogP contribution in [0.3, 0.4) is 0 Å². The molecule has 2 aromatic carbocycles. The molecule has 26 heavy (non-hydrogen) atoms. The summed E-state index contributed by atoms with van der Waals surface area (Å²) in [5.74, 6) is 1.25. The van der Waals surface area contributed by atoms with Crippen molar-refractivity contribution in [3.05, 3.63) is 53.6 Å². The molecular formula is C20H24N3O3+. The molecular weight excluding hydrogens is 330 g/mol. The zero-order chi connectivity index (χ0) is 19.1. The zero-order valence-corrected chi connectivity index (χ0v) is 15.5. The molecule has 0 heterocycles. The molecule has 136 valence electrons. The predicted octanol–water partition coefficient (Wildman–Crippen LogP) is 1.62. The number of hydrogen-bond acceptors (Lipinski definition) is 4. The minimum absolute atomic E-state index is 0.0990. The molecule has 0 bridgehead atoms. The van der Waals surface area contributed by atoms with E-state index in [2.05, 4.69) is 11.4 Å². The lowest BCUT2D eigenvalue weighted by atomic mass is 10.1. The van der Waals surface area contributed by atoms with Gasteiger partial charge in [-0.05, 0) is 43.3 Å². The van der Waals surface area contributed by atoms with Gasteiger partial charge in [-0.1, -0.05) is 6.07 Å². The van der Waals surface area contributed by atoms with Gasteiger partial charge in [0.2, 0.25) is 0 Å². The number of ether oxygens (including phenoxy) is 2. The van der Waals surface area contributed by atoms with Gasteiger partial charge in [0.1, 0.15) is 6.54 Å². The van der Waals surface area contributed by atoms with E-state index in [1.165, 1.54) is 0 Å². The van der Waals surface area contributed by atoms with Crippen molar-refractivity contribution in [3.63, 3.8) is 0 Å². The largest absolute Gasteiger partial charge is 0.493 e. The highest BCUT2D eigenvalue weighted by Crippen LogP contribution is 2.27. The van der Waals surface area contributed by atoms with Crippen molar-refractivity contribution in [2.75, 3.05) is 26.6 Å². The van der Waals surface area contributed by atoms with Crippen LogP contribution in [0.2, 0.25) is 0 Å². The Bertz CT molecular complexity index is 814. The Morgan fingerprint density at radius 2 is 1.92 bits per heavy atom. The van der Waals surface area contributed by atoms with Crippen LogP contribution < -0.4 is 19.7 Å². The van der Waals surface area contributed by atoms with Gasteiger partial charge in [0.25, 0.3) is 5.91 Å². The van der Waals surface area contributed by atoms with Gasteiger partial charge in [0.15, 0.2) is 17.5 Å². The Balaban J connectivity index is 2.03. The van der Waals surface area contributed by atoms with E-state index >= 15 is 0 Å². The number of carbonyl (C=O) groups is 1. The molecule has 0 aliphatic carbocycles. The molecule has 6 nitrogen and oxygen atoms in total. The lowest BCUT2D eigenvalue weighted by Gasteiger charge is -2.21. The van der Waals surface area contributed by atoms with Crippen LogP contribution in [-0.2, 0) is 11.3 Å². The van der Waals surface area contributed by atoms with E-state index in [0.717, 1.165) is 10.5 Å². The molecule has 6 heteroatoms. The summed E-state index contributed by atoms with van der Waals surface area (Å²) in [5, 5.41) is 11.8. The van der Waals surface area contributed by atoms with Gasteiger partial charge in [-0.25, -0.2) is 0 Å². The van der Waals surface area contributed by atoms with E-state index in [9.17, 15) is 4.79 Å². The number of rotatable bonds is 7. The number of carbonyl (C=O) groups excluding carboxylic acids is 1. The van der Waals surface area contributed by atoms with Gasteiger partial charge in [0.05, 0.1) is 32.9 Å². The highest BCUT2D eigenvalue weighted by Gasteiger charge is 2.22. The van der Waals surface area contributed by atoms with Crippen molar-refractivity contribution >= 4 is 11.6 Å². The number of likely N-dealkylation sites (N-methyl/N-ethyl adjacent to an activating group) is 1. The summed E-state index contributed by atoms with van der Waals surface area (Å²) in [7, 11) is 5.17. The number of quaternary nitrogens is 1. The van der Waals surface area contributed by atoms with Crippen molar-refractivity contribution < 1.29 is 19.2 Å². The second-order valence-electron chi connectivity index (χ2n) is 6.12. The Hall–Kier alpha value is -3.04. The molecule has 0 aromatic heterocycles. The van der Waals surface area contributed by atoms with Crippen LogP contribution in [0.4, 0.5) is 5.69 Å². The molecule has 2 atom stereocenters. The third-order valence-electron chi connectivity index (χ3n) is 4.32. The molecule has 2 rings (SSSR count). The molecule has 2 aromatic rings. The smallest absolute Gasteiger partial charge is 0.282 e. The average Bonchev–Trinajstić information content (AvgIpc) is 2.67. The Labute approximate surface area is 153 Å². The lowest BCUT2D eigenvalue weighted by Crippen LogP contribution is -3.12. The molecule has 1 amide bonds. The standard InChI is InChI=1S/C20H23N3O3/c1-14(20(24)22-17-7-5-6-15(10-17)12-21)23(2)13-16-8-9-18(25-3)19(11-16)26-4/h5-11,14H,13H2,1-4H3,(H,22,24)/p+1/t14-/m1/s1. The fraction of sp³-hybridized carbons (Fsp3) is 0.300. The molecule has 1 unspecified atom stereocenters. The van der Waals surface area contributed by atoms with Crippen LogP contribution in [0.1, 0.15) is 18.1 Å². The minimum Gasteiger partial charge on any atom is -0.493 e. The van der Waals surface area contributed by atoms with E-state index < -0.39 is 0 Å². The highest BCUT2D eigenvalue weighted by molar-refractivity contribution is 5.93. The number of amides is 1. The first kappa shape index (κ1) is 19.3. The van der Waals surface area contributed by atoms with Crippen molar-refractivity contribution in [1.29, 1.82) is 5.26 Å². The first-order valence-corrected chi connectivity index (χ1v) is 8.32. The van der Waals surface area contributed by atoms with Crippen LogP contribution in [0, 0.1) is 11.3 Å². The molecule has 0 spiro atoms. The maximum Gasteiger partial charge on any atom is 0.282 e. The highest BCUT2D eigenvalue weighted by atomic mass is 16.5. The summed E-state index contributed by atoms with van der Waals surface area (Å²) >= 11 is 0. The Morgan fingerprint density at radius 1 is 1.19 bits per heavy atom. The lowest BCUT2D eigenvalue weighted by molar-refractivity contribution is -0.907. The van der Waals surface area contributed by atoms with Crippen molar-refractivity contribution in [1.82, 2.24) is 0 Å². The predicted molar refractivity (Wildman–Crippen MR) is 99.4 cm³/mol. The number of nitriles is 1. The normalized spacial score (nSPS) is 12.6. The first-order chi connectivity index (χ1) is 12.5. The van der Waals surface area contributed by atoms with Crippen LogP contribution in [-0.4, -0.2) is 33.2 Å². The molecule has 0 saturated carbocycles. The Morgan fingerprint density at radius 3 is 2.58 bits per heavy atom. The topological polar surface area (TPSA) is 75.8 Å². The maximum atomic E-state index is 12.5. The van der Waals surface area contributed by atoms with E-state index in [0.29, 0.717) is 29.3 Å². The fourth-order valence-electron chi connectivity index (χ4n) is 2.61. The molecule has 0 aliphatic rings. The molecule has 0 fully saturated rings. The van der Waals surface area contributed by atoms with Crippen molar-refractivity contribution in [3.8, 4) is 17.6 Å². The zero-order valence-electron chi connectivity index (χ0n) is 15.5. The third-order valence-corrected chi connectivity index (χ3v) is 4.32. The average molecular weight is 354 g/mol. The third kappa shape index (κ3) is 4.74. The molecule has 0 aliphatic heterocycles. The number of hydrogen-bond donors (Lipinski definition) is 2. The van der Waals surface area contributed by atoms with Crippen LogP contribution in [0.15, 0.2) is 42.5 Å². The van der Waals surface area contributed by atoms with Gasteiger partial charge in [-0.2, -0.15) is 5.26 Å². The summed E-state index contributed by atoms with van der Waals surface area (Å²) in [4.78, 5) is 13.5. The van der Waals surface area contributed by atoms with Gasteiger partial charge in [-0.15, -0.1) is 0 Å². The van der Waals surface area contributed by atoms with Gasteiger partial charge in [-0.3, -0.25) is 4.79 Å². The van der Waals surface area contributed by atoms with Gasteiger partial charge in [0, 0.05) is 11.3 Å². The van der Waals surface area contributed by atoms with E-state index in [1.54, 1.807) is 38.5 Å². The monoisotopic (exact) mass is 354 g/mol. The maximum absolute atomic E-state index is 12.5. The van der Waals surface area contributed by atoms with E-state index in [1.807, 2.05) is 32.2 Å². The SMILES string of the molecule is COc1ccc(C[NH+](C)[C@H](C)C(=O)Nc2cccc(C#N)c2)cc1OC. The number of nitrogens with one attached hydrogen (secondary N) is 2. The van der Waals surface area contributed by atoms with Gasteiger partial charge < -0.3 is 19.7 Å². The molecule has 0 saturated heterocycles. The number of anilines is 1. The minimum atomic E-state index is -0.270. The molecule has 0 radical (unpaired) electrons. The van der Waals surface area contributed by atoms with Crippen LogP contribution in [0.5, 0.6) is 11.5 Å². The number of nitrogens with zero attached hydrogens (tertiary/aromatic N) is 1. The van der Waals surface area contributed by atoms with Crippen molar-refractivity contribution in [2.45, 2.75) is 19.5 Å². The number of methoxy groups -OCH3 is 2. The second kappa shape index (κ2) is 8.88. The van der Waals surface area contributed by atoms with E-state index in [4.69, 9.17) is 14.7 Å². The molecule has 2 N–H and O–H groups in total. The summed E-state index contributed by atoms with van der Waals surface area (Å²) in [5.41, 5.74) is 2.19. The van der Waals surface area contributed by atoms with Crippen LogP contribution in [0.25, 0.3) is 0 Å². The first-order valence-electron chi connectivity index (χ1n) is 8.32. The fourth-order valence-corrected chi connectivity index (χ4v) is 2.61. The summed E-state index contributed by atoms with van der Waals surface area (Å²) in [6.07, 6.45) is 0. The van der Waals surface area contributed by atoms with Crippen LogP contribution >= 0.6 is 0 Å². The van der Waals surface area contributed by atoms with Gasteiger partial charge >= 0.3 is 0 Å². The summed E-state index contributed by atoms with van der Waals surface area (Å²) < 4.78 is 10.6. The summed E-state index contributed by atoms with van der Waals surface area (Å²) in [6.45, 7) is 2.53. The quantitative estimate of drug-likeness (QED) is 0.792. The number of benzene rings is 2. The van der Waals surface area contributed by atoms with Crippen molar-refractivity contribution in [2.24, 2.45) is 0 Å². The summed E-state index contributed by atoms with van der Waals surface area (Å²) in [6, 6.07) is 14.4. The van der Waals surface area contributed by atoms with E-state index in [-0.39, 0.29) is 11.9 Å². The second-order valence-corrected chi connectivity index (χ2v) is 6.12.